The number of aryl methyl sites for hydroxylation is 1. The van der Waals surface area contributed by atoms with Gasteiger partial charge < -0.3 is 4.90 Å². The fourth-order valence-corrected chi connectivity index (χ4v) is 4.15. The van der Waals surface area contributed by atoms with Crippen molar-refractivity contribution in [3.05, 3.63) is 71.8 Å². The quantitative estimate of drug-likeness (QED) is 0.711. The third kappa shape index (κ3) is 2.15. The van der Waals surface area contributed by atoms with Crippen LogP contribution in [0.3, 0.4) is 0 Å². The molecule has 0 saturated carbocycles. The molecular formula is C22H18N2O2. The lowest BCUT2D eigenvalue weighted by Gasteiger charge is -2.31. The van der Waals surface area contributed by atoms with Crippen molar-refractivity contribution < 1.29 is 9.59 Å². The first-order chi connectivity index (χ1) is 12.7. The molecule has 4 heteroatoms. The molecule has 2 aliphatic heterocycles. The van der Waals surface area contributed by atoms with Gasteiger partial charge in [0.2, 0.25) is 5.91 Å². The summed E-state index contributed by atoms with van der Waals surface area (Å²) in [5.74, 6) is -0.120. The highest BCUT2D eigenvalue weighted by molar-refractivity contribution is 6.26. The number of nitrogens with zero attached hydrogens (tertiary/aromatic N) is 2. The van der Waals surface area contributed by atoms with Crippen LogP contribution in [0, 0.1) is 0 Å². The van der Waals surface area contributed by atoms with Gasteiger partial charge >= 0.3 is 0 Å². The highest BCUT2D eigenvalue weighted by Crippen LogP contribution is 2.37. The zero-order valence-electron chi connectivity index (χ0n) is 14.3. The van der Waals surface area contributed by atoms with E-state index < -0.39 is 0 Å². The lowest BCUT2D eigenvalue weighted by molar-refractivity contribution is -0.117. The molecule has 3 aromatic carbocycles. The van der Waals surface area contributed by atoms with Crippen LogP contribution < -0.4 is 9.80 Å². The summed E-state index contributed by atoms with van der Waals surface area (Å²) in [5.41, 5.74) is 3.70. The van der Waals surface area contributed by atoms with Crippen LogP contribution in [0.1, 0.15) is 22.3 Å². The van der Waals surface area contributed by atoms with E-state index in [-0.39, 0.29) is 18.4 Å². The maximum absolute atomic E-state index is 13.1. The molecule has 0 unspecified atom stereocenters. The number of hydrogen-bond acceptors (Lipinski definition) is 2. The lowest BCUT2D eigenvalue weighted by atomic mass is 10.0. The van der Waals surface area contributed by atoms with Gasteiger partial charge in [0.05, 0.1) is 5.69 Å². The van der Waals surface area contributed by atoms with Crippen molar-refractivity contribution in [1.29, 1.82) is 0 Å². The van der Waals surface area contributed by atoms with Crippen LogP contribution in [0.4, 0.5) is 11.4 Å². The average Bonchev–Trinajstić information content (AvgIpc) is 2.95. The molecule has 2 heterocycles. The zero-order valence-corrected chi connectivity index (χ0v) is 14.3. The smallest absolute Gasteiger partial charge is 0.259 e. The van der Waals surface area contributed by atoms with E-state index in [4.69, 9.17) is 0 Å². The number of carbonyl (C=O) groups excluding carboxylic acids is 2. The van der Waals surface area contributed by atoms with Crippen LogP contribution in [0.2, 0.25) is 0 Å². The second-order valence-electron chi connectivity index (χ2n) is 6.85. The topological polar surface area (TPSA) is 40.6 Å². The fraction of sp³-hybridized carbons (Fsp3) is 0.182. The Bertz CT molecular complexity index is 1050. The second kappa shape index (κ2) is 5.70. The minimum Gasteiger partial charge on any atom is -0.311 e. The summed E-state index contributed by atoms with van der Waals surface area (Å²) in [6.07, 6.45) is 1.94. The maximum Gasteiger partial charge on any atom is 0.259 e. The molecule has 0 fully saturated rings. The fourth-order valence-electron chi connectivity index (χ4n) is 4.15. The summed E-state index contributed by atoms with van der Waals surface area (Å²) in [4.78, 5) is 29.4. The van der Waals surface area contributed by atoms with Crippen molar-refractivity contribution in [2.24, 2.45) is 0 Å². The molecule has 2 amide bonds. The molecule has 5 rings (SSSR count). The van der Waals surface area contributed by atoms with Crippen molar-refractivity contribution in [3.8, 4) is 0 Å². The number of para-hydroxylation sites is 1. The molecule has 0 saturated heterocycles. The van der Waals surface area contributed by atoms with E-state index in [0.29, 0.717) is 12.1 Å². The van der Waals surface area contributed by atoms with E-state index in [2.05, 4.69) is 6.07 Å². The third-order valence-electron chi connectivity index (χ3n) is 5.35. The van der Waals surface area contributed by atoms with Crippen LogP contribution in [-0.2, 0) is 11.2 Å². The lowest BCUT2D eigenvalue weighted by Crippen LogP contribution is -2.43. The van der Waals surface area contributed by atoms with Gasteiger partial charge in [0.15, 0.2) is 0 Å². The Morgan fingerprint density at radius 3 is 2.58 bits per heavy atom. The van der Waals surface area contributed by atoms with Crippen molar-refractivity contribution in [3.63, 3.8) is 0 Å². The van der Waals surface area contributed by atoms with Gasteiger partial charge in [0, 0.05) is 23.2 Å². The first-order valence-corrected chi connectivity index (χ1v) is 8.96. The maximum atomic E-state index is 13.1. The molecule has 0 spiro atoms. The molecule has 0 radical (unpaired) electrons. The van der Waals surface area contributed by atoms with Crippen molar-refractivity contribution in [1.82, 2.24) is 0 Å². The molecule has 0 bridgehead atoms. The molecule has 26 heavy (non-hydrogen) atoms. The Labute approximate surface area is 151 Å². The van der Waals surface area contributed by atoms with Gasteiger partial charge in [-0.3, -0.25) is 14.5 Å². The first kappa shape index (κ1) is 15.1. The third-order valence-corrected chi connectivity index (χ3v) is 5.35. The van der Waals surface area contributed by atoms with Gasteiger partial charge in [-0.15, -0.1) is 0 Å². The van der Waals surface area contributed by atoms with Crippen molar-refractivity contribution in [2.45, 2.75) is 12.8 Å². The van der Waals surface area contributed by atoms with Crippen molar-refractivity contribution in [2.75, 3.05) is 22.9 Å². The Balaban J connectivity index is 1.49. The number of carbonyl (C=O) groups is 2. The SMILES string of the molecule is O=C(CN1C(=O)c2cccc3cccc1c23)N1CCCc2ccccc21. The molecule has 2 aliphatic rings. The predicted octanol–water partition coefficient (Wildman–Crippen LogP) is 3.78. The molecule has 4 nitrogen and oxygen atoms in total. The summed E-state index contributed by atoms with van der Waals surface area (Å²) in [7, 11) is 0. The summed E-state index contributed by atoms with van der Waals surface area (Å²) in [6, 6.07) is 19.6. The van der Waals surface area contributed by atoms with E-state index >= 15 is 0 Å². The van der Waals surface area contributed by atoms with Crippen LogP contribution in [0.5, 0.6) is 0 Å². The molecular weight excluding hydrogens is 324 g/mol. The van der Waals surface area contributed by atoms with Gasteiger partial charge in [-0.25, -0.2) is 0 Å². The van der Waals surface area contributed by atoms with Crippen LogP contribution in [0.25, 0.3) is 10.8 Å². The Kier molecular flexibility index (Phi) is 3.32. The van der Waals surface area contributed by atoms with Crippen LogP contribution in [-0.4, -0.2) is 24.9 Å². The number of anilines is 2. The van der Waals surface area contributed by atoms with Gasteiger partial charge in [-0.05, 0) is 42.0 Å². The monoisotopic (exact) mass is 342 g/mol. The van der Waals surface area contributed by atoms with Crippen LogP contribution >= 0.6 is 0 Å². The standard InChI is InChI=1S/C22H18N2O2/c25-20(23-13-5-9-15-6-1-2-11-18(15)23)14-24-19-12-4-8-16-7-3-10-17(21(16)19)22(24)26/h1-4,6-8,10-12H,5,9,13-14H2. The minimum absolute atomic E-state index is 0.0321. The Morgan fingerprint density at radius 1 is 0.923 bits per heavy atom. The number of benzene rings is 3. The molecule has 3 aromatic rings. The second-order valence-corrected chi connectivity index (χ2v) is 6.85. The zero-order chi connectivity index (χ0) is 17.7. The van der Waals surface area contributed by atoms with E-state index in [0.717, 1.165) is 35.0 Å². The number of fused-ring (bicyclic) bond motifs is 1. The Hall–Kier alpha value is -3.14. The molecule has 0 N–H and O–H groups in total. The Morgan fingerprint density at radius 2 is 1.69 bits per heavy atom. The normalized spacial score (nSPS) is 15.5. The summed E-state index contributed by atoms with van der Waals surface area (Å²) in [6.45, 7) is 0.774. The molecule has 0 aliphatic carbocycles. The van der Waals surface area contributed by atoms with Gasteiger partial charge in [0.25, 0.3) is 5.91 Å². The predicted molar refractivity (Wildman–Crippen MR) is 103 cm³/mol. The number of amides is 2. The summed E-state index contributed by atoms with van der Waals surface area (Å²) in [5, 5.41) is 1.98. The van der Waals surface area contributed by atoms with Crippen LogP contribution in [0.15, 0.2) is 60.7 Å². The van der Waals surface area contributed by atoms with Gasteiger partial charge in [-0.2, -0.15) is 0 Å². The van der Waals surface area contributed by atoms with Gasteiger partial charge in [0.1, 0.15) is 6.54 Å². The van der Waals surface area contributed by atoms with E-state index in [9.17, 15) is 9.59 Å². The highest BCUT2D eigenvalue weighted by Gasteiger charge is 2.33. The molecule has 128 valence electrons. The molecule has 0 atom stereocenters. The number of rotatable bonds is 2. The van der Waals surface area contributed by atoms with Gasteiger partial charge in [-0.1, -0.05) is 42.5 Å². The van der Waals surface area contributed by atoms with E-state index in [1.54, 1.807) is 4.90 Å². The largest absolute Gasteiger partial charge is 0.311 e. The van der Waals surface area contributed by atoms with E-state index in [1.807, 2.05) is 59.5 Å². The van der Waals surface area contributed by atoms with Crippen molar-refractivity contribution >= 4 is 34.0 Å². The number of hydrogen-bond donors (Lipinski definition) is 0. The van der Waals surface area contributed by atoms with E-state index in [1.165, 1.54) is 5.56 Å². The highest BCUT2D eigenvalue weighted by atomic mass is 16.2. The summed E-state index contributed by atoms with van der Waals surface area (Å²) >= 11 is 0. The molecule has 0 aromatic heterocycles. The minimum atomic E-state index is -0.0876. The summed E-state index contributed by atoms with van der Waals surface area (Å²) < 4.78 is 0. The first-order valence-electron chi connectivity index (χ1n) is 8.96. The average molecular weight is 342 g/mol.